The second-order valence-corrected chi connectivity index (χ2v) is 7.46. The van der Waals surface area contributed by atoms with E-state index >= 15 is 0 Å². The maximum Gasteiger partial charge on any atom is 0.245 e. The molecule has 1 aliphatic rings. The summed E-state index contributed by atoms with van der Waals surface area (Å²) in [6, 6.07) is 12.8. The molecule has 7 heteroatoms. The summed E-state index contributed by atoms with van der Waals surface area (Å²) >= 11 is 0. The molecule has 0 aromatic heterocycles. The number of nitrogens with zero attached hydrogens (tertiary/aromatic N) is 2. The van der Waals surface area contributed by atoms with E-state index in [1.54, 1.807) is 25.1 Å². The first kappa shape index (κ1) is 16.6. The minimum atomic E-state index is -3.73. The quantitative estimate of drug-likeness (QED) is 0.855. The maximum absolute atomic E-state index is 13.0. The molecule has 0 N–H and O–H groups in total. The van der Waals surface area contributed by atoms with Crippen molar-refractivity contribution in [1.82, 2.24) is 4.31 Å². The lowest BCUT2D eigenvalue weighted by molar-refractivity contribution is -0.123. The molecule has 24 heavy (non-hydrogen) atoms. The van der Waals surface area contributed by atoms with Crippen LogP contribution >= 0.6 is 0 Å². The Morgan fingerprint density at radius 1 is 1.00 bits per heavy atom. The monoisotopic (exact) mass is 348 g/mol. The summed E-state index contributed by atoms with van der Waals surface area (Å²) in [7, 11) is -3.73. The molecule has 2 aromatic rings. The standard InChI is InChI=1S/C17H17FN2O3S/c1-13-17(21)19(15-9-7-14(18)8-10-15)11-12-20(13)24(22,23)16-5-3-2-4-6-16/h2-10,13H,11-12H2,1H3/t13-/m0/s1. The molecule has 0 radical (unpaired) electrons. The number of rotatable bonds is 3. The first-order valence-electron chi connectivity index (χ1n) is 7.55. The third-order valence-electron chi connectivity index (χ3n) is 4.09. The first-order valence-corrected chi connectivity index (χ1v) is 8.99. The van der Waals surface area contributed by atoms with E-state index < -0.39 is 16.1 Å². The molecule has 1 heterocycles. The molecule has 0 bridgehead atoms. The zero-order valence-electron chi connectivity index (χ0n) is 13.1. The van der Waals surface area contributed by atoms with Crippen LogP contribution in [0.25, 0.3) is 0 Å². The van der Waals surface area contributed by atoms with E-state index in [0.29, 0.717) is 5.69 Å². The van der Waals surface area contributed by atoms with E-state index in [1.807, 2.05) is 0 Å². The molecule has 0 unspecified atom stereocenters. The number of amides is 1. The van der Waals surface area contributed by atoms with Gasteiger partial charge in [-0.3, -0.25) is 4.79 Å². The minimum absolute atomic E-state index is 0.167. The van der Waals surface area contributed by atoms with Gasteiger partial charge in [-0.15, -0.1) is 0 Å². The van der Waals surface area contributed by atoms with Crippen molar-refractivity contribution in [2.24, 2.45) is 0 Å². The normalized spacial score (nSPS) is 19.5. The summed E-state index contributed by atoms with van der Waals surface area (Å²) in [6.45, 7) is 1.97. The van der Waals surface area contributed by atoms with Gasteiger partial charge in [0.2, 0.25) is 15.9 Å². The number of benzene rings is 2. The molecule has 0 spiro atoms. The number of sulfonamides is 1. The fourth-order valence-electron chi connectivity index (χ4n) is 2.78. The van der Waals surface area contributed by atoms with E-state index in [1.165, 1.54) is 45.6 Å². The van der Waals surface area contributed by atoms with Crippen LogP contribution in [-0.4, -0.2) is 37.8 Å². The van der Waals surface area contributed by atoms with Crippen molar-refractivity contribution in [2.75, 3.05) is 18.0 Å². The van der Waals surface area contributed by atoms with Gasteiger partial charge < -0.3 is 4.90 Å². The molecule has 1 saturated heterocycles. The fourth-order valence-corrected chi connectivity index (χ4v) is 4.39. The summed E-state index contributed by atoms with van der Waals surface area (Å²) in [5, 5.41) is 0. The zero-order chi connectivity index (χ0) is 17.3. The number of carbonyl (C=O) groups is 1. The van der Waals surface area contributed by atoms with Gasteiger partial charge in [0.15, 0.2) is 0 Å². The van der Waals surface area contributed by atoms with Crippen molar-refractivity contribution in [2.45, 2.75) is 17.9 Å². The molecule has 2 aromatic carbocycles. The Morgan fingerprint density at radius 3 is 2.25 bits per heavy atom. The van der Waals surface area contributed by atoms with Crippen LogP contribution in [0.1, 0.15) is 6.92 Å². The lowest BCUT2D eigenvalue weighted by Gasteiger charge is -2.38. The van der Waals surface area contributed by atoms with Gasteiger partial charge in [-0.2, -0.15) is 4.31 Å². The summed E-state index contributed by atoms with van der Waals surface area (Å²) in [5.41, 5.74) is 0.560. The van der Waals surface area contributed by atoms with E-state index in [0.717, 1.165) is 0 Å². The van der Waals surface area contributed by atoms with Gasteiger partial charge in [-0.1, -0.05) is 18.2 Å². The largest absolute Gasteiger partial charge is 0.310 e. The summed E-state index contributed by atoms with van der Waals surface area (Å²) < 4.78 is 39.7. The van der Waals surface area contributed by atoms with Crippen LogP contribution in [0.2, 0.25) is 0 Å². The molecule has 5 nitrogen and oxygen atoms in total. The summed E-state index contributed by atoms with van der Waals surface area (Å²) in [6.07, 6.45) is 0. The first-order chi connectivity index (χ1) is 11.4. The van der Waals surface area contributed by atoms with Gasteiger partial charge in [0.1, 0.15) is 11.9 Å². The molecule has 3 rings (SSSR count). The van der Waals surface area contributed by atoms with Gasteiger partial charge in [0.25, 0.3) is 0 Å². The minimum Gasteiger partial charge on any atom is -0.310 e. The van der Waals surface area contributed by atoms with Crippen LogP contribution in [0.5, 0.6) is 0 Å². The predicted molar refractivity (Wildman–Crippen MR) is 88.5 cm³/mol. The number of hydrogen-bond acceptors (Lipinski definition) is 3. The smallest absolute Gasteiger partial charge is 0.245 e. The lowest BCUT2D eigenvalue weighted by atomic mass is 10.2. The number of halogens is 1. The van der Waals surface area contributed by atoms with Gasteiger partial charge in [-0.05, 0) is 43.3 Å². The molecule has 1 atom stereocenters. The van der Waals surface area contributed by atoms with Gasteiger partial charge in [-0.25, -0.2) is 12.8 Å². The average molecular weight is 348 g/mol. The van der Waals surface area contributed by atoms with Crippen LogP contribution in [-0.2, 0) is 14.8 Å². The highest BCUT2D eigenvalue weighted by molar-refractivity contribution is 7.89. The molecule has 1 fully saturated rings. The molecular formula is C17H17FN2O3S. The van der Waals surface area contributed by atoms with Crippen molar-refractivity contribution in [1.29, 1.82) is 0 Å². The van der Waals surface area contributed by atoms with E-state index in [-0.39, 0.29) is 29.7 Å². The highest BCUT2D eigenvalue weighted by atomic mass is 32.2. The van der Waals surface area contributed by atoms with Gasteiger partial charge in [0.05, 0.1) is 4.90 Å². The summed E-state index contributed by atoms with van der Waals surface area (Å²) in [5.74, 6) is -0.711. The average Bonchev–Trinajstić information content (AvgIpc) is 2.59. The molecule has 0 aliphatic carbocycles. The number of piperazine rings is 1. The zero-order valence-corrected chi connectivity index (χ0v) is 13.9. The second kappa shape index (κ2) is 6.33. The van der Waals surface area contributed by atoms with E-state index in [4.69, 9.17) is 0 Å². The predicted octanol–water partition coefficient (Wildman–Crippen LogP) is 2.25. The molecule has 0 saturated carbocycles. The highest BCUT2D eigenvalue weighted by Gasteiger charge is 2.39. The van der Waals surface area contributed by atoms with Gasteiger partial charge >= 0.3 is 0 Å². The molecule has 1 aliphatic heterocycles. The van der Waals surface area contributed by atoms with Crippen molar-refractivity contribution in [3.8, 4) is 0 Å². The van der Waals surface area contributed by atoms with Crippen LogP contribution in [0.15, 0.2) is 59.5 Å². The fraction of sp³-hybridized carbons (Fsp3) is 0.235. The van der Waals surface area contributed by atoms with Crippen LogP contribution in [0.4, 0.5) is 10.1 Å². The van der Waals surface area contributed by atoms with Crippen molar-refractivity contribution < 1.29 is 17.6 Å². The van der Waals surface area contributed by atoms with Crippen LogP contribution < -0.4 is 4.90 Å². The lowest BCUT2D eigenvalue weighted by Crippen LogP contribution is -2.57. The van der Waals surface area contributed by atoms with Crippen molar-refractivity contribution >= 4 is 21.6 Å². The van der Waals surface area contributed by atoms with Crippen molar-refractivity contribution in [3.63, 3.8) is 0 Å². The third kappa shape index (κ3) is 2.92. The Balaban J connectivity index is 1.86. The SMILES string of the molecule is C[C@H]1C(=O)N(c2ccc(F)cc2)CCN1S(=O)(=O)c1ccccc1. The Labute approximate surface area is 140 Å². The van der Waals surface area contributed by atoms with Crippen molar-refractivity contribution in [3.05, 3.63) is 60.4 Å². The topological polar surface area (TPSA) is 57.7 Å². The van der Waals surface area contributed by atoms with Gasteiger partial charge in [0, 0.05) is 18.8 Å². The molecule has 1 amide bonds. The molecular weight excluding hydrogens is 331 g/mol. The number of carbonyl (C=O) groups excluding carboxylic acids is 1. The Morgan fingerprint density at radius 2 is 1.62 bits per heavy atom. The molecule has 126 valence electrons. The number of hydrogen-bond donors (Lipinski definition) is 0. The Hall–Kier alpha value is -2.25. The van der Waals surface area contributed by atoms with Crippen LogP contribution in [0.3, 0.4) is 0 Å². The highest BCUT2D eigenvalue weighted by Crippen LogP contribution is 2.25. The third-order valence-corrected chi connectivity index (χ3v) is 6.07. The van der Waals surface area contributed by atoms with Crippen LogP contribution in [0, 0.1) is 5.82 Å². The second-order valence-electron chi connectivity index (χ2n) is 5.57. The Bertz CT molecular complexity index is 838. The van der Waals surface area contributed by atoms with E-state index in [2.05, 4.69) is 0 Å². The van der Waals surface area contributed by atoms with E-state index in [9.17, 15) is 17.6 Å². The Kier molecular flexibility index (Phi) is 4.38. The number of anilines is 1. The summed E-state index contributed by atoms with van der Waals surface area (Å²) in [4.78, 5) is 14.3. The maximum atomic E-state index is 13.0.